The first-order valence-electron chi connectivity index (χ1n) is 5.83. The Morgan fingerprint density at radius 2 is 2.10 bits per heavy atom. The second-order valence-corrected chi connectivity index (χ2v) is 6.51. The van der Waals surface area contributed by atoms with Gasteiger partial charge in [0.05, 0.1) is 11.4 Å². The lowest BCUT2D eigenvalue weighted by molar-refractivity contribution is 0.529. The summed E-state index contributed by atoms with van der Waals surface area (Å²) in [5.41, 5.74) is 3.56. The van der Waals surface area contributed by atoms with Crippen molar-refractivity contribution in [3.63, 3.8) is 0 Å². The van der Waals surface area contributed by atoms with Crippen LogP contribution in [0.15, 0.2) is 38.5 Å². The Morgan fingerprint density at radius 1 is 1.30 bits per heavy atom. The Morgan fingerprint density at radius 3 is 2.80 bits per heavy atom. The molecule has 0 bridgehead atoms. The Balaban J connectivity index is 1.78. The summed E-state index contributed by atoms with van der Waals surface area (Å²) in [7, 11) is 0. The minimum absolute atomic E-state index is 0.642. The minimum atomic E-state index is 0.642. The predicted molar refractivity (Wildman–Crippen MR) is 81.2 cm³/mol. The standard InChI is InChI=1S/C13H10ClN3OS2/c1-8-12(9-2-4-10(14)5-3-9)18-11(16-8)6-19-13-17-15-7-20-13/h2-5,7H,6H2,1H3. The van der Waals surface area contributed by atoms with Gasteiger partial charge in [-0.1, -0.05) is 34.7 Å². The summed E-state index contributed by atoms with van der Waals surface area (Å²) in [6, 6.07) is 7.54. The van der Waals surface area contributed by atoms with Gasteiger partial charge in [-0.2, -0.15) is 0 Å². The van der Waals surface area contributed by atoms with Gasteiger partial charge < -0.3 is 4.42 Å². The van der Waals surface area contributed by atoms with E-state index >= 15 is 0 Å². The van der Waals surface area contributed by atoms with E-state index < -0.39 is 0 Å². The molecule has 0 amide bonds. The third-order valence-corrected chi connectivity index (χ3v) is 4.70. The molecule has 0 atom stereocenters. The van der Waals surface area contributed by atoms with Crippen LogP contribution in [0.1, 0.15) is 11.6 Å². The first-order valence-corrected chi connectivity index (χ1v) is 8.08. The van der Waals surface area contributed by atoms with Crippen LogP contribution in [0.2, 0.25) is 5.02 Å². The Kier molecular flexibility index (Phi) is 4.05. The third-order valence-electron chi connectivity index (χ3n) is 2.61. The normalized spacial score (nSPS) is 10.9. The molecule has 0 aliphatic heterocycles. The van der Waals surface area contributed by atoms with Crippen molar-refractivity contribution >= 4 is 34.7 Å². The van der Waals surface area contributed by atoms with Crippen molar-refractivity contribution in [3.05, 3.63) is 46.4 Å². The van der Waals surface area contributed by atoms with Gasteiger partial charge in [0.2, 0.25) is 5.89 Å². The van der Waals surface area contributed by atoms with E-state index in [4.69, 9.17) is 16.0 Å². The van der Waals surface area contributed by atoms with Crippen LogP contribution in [0.4, 0.5) is 0 Å². The summed E-state index contributed by atoms with van der Waals surface area (Å²) in [6.07, 6.45) is 0. The third kappa shape index (κ3) is 3.03. The molecule has 0 saturated carbocycles. The fourth-order valence-corrected chi connectivity index (χ4v) is 3.19. The zero-order chi connectivity index (χ0) is 13.9. The van der Waals surface area contributed by atoms with Crippen LogP contribution in [0.3, 0.4) is 0 Å². The smallest absolute Gasteiger partial charge is 0.205 e. The monoisotopic (exact) mass is 323 g/mol. The number of halogens is 1. The van der Waals surface area contributed by atoms with E-state index in [-0.39, 0.29) is 0 Å². The van der Waals surface area contributed by atoms with Crippen molar-refractivity contribution in [1.82, 2.24) is 15.2 Å². The maximum Gasteiger partial charge on any atom is 0.205 e. The number of rotatable bonds is 4. The number of benzene rings is 1. The molecule has 2 heterocycles. The molecule has 20 heavy (non-hydrogen) atoms. The van der Waals surface area contributed by atoms with Crippen LogP contribution in [0, 0.1) is 6.92 Å². The first kappa shape index (κ1) is 13.6. The van der Waals surface area contributed by atoms with Gasteiger partial charge in [0.15, 0.2) is 10.1 Å². The lowest BCUT2D eigenvalue weighted by Crippen LogP contribution is -1.80. The van der Waals surface area contributed by atoms with Crippen LogP contribution in [0.5, 0.6) is 0 Å². The summed E-state index contributed by atoms with van der Waals surface area (Å²) in [5.74, 6) is 2.12. The van der Waals surface area contributed by atoms with E-state index in [0.29, 0.717) is 16.7 Å². The number of hydrogen-bond acceptors (Lipinski definition) is 6. The van der Waals surface area contributed by atoms with Crippen molar-refractivity contribution in [2.45, 2.75) is 17.0 Å². The van der Waals surface area contributed by atoms with Crippen LogP contribution < -0.4 is 0 Å². The van der Waals surface area contributed by atoms with E-state index in [1.165, 1.54) is 11.3 Å². The van der Waals surface area contributed by atoms with E-state index in [1.54, 1.807) is 17.3 Å². The molecule has 0 fully saturated rings. The van der Waals surface area contributed by atoms with Gasteiger partial charge in [0.1, 0.15) is 5.51 Å². The Bertz CT molecular complexity index is 695. The van der Waals surface area contributed by atoms with Crippen molar-refractivity contribution in [1.29, 1.82) is 0 Å². The number of thioether (sulfide) groups is 1. The highest BCUT2D eigenvalue weighted by Gasteiger charge is 2.12. The van der Waals surface area contributed by atoms with E-state index in [1.807, 2.05) is 31.2 Å². The highest BCUT2D eigenvalue weighted by atomic mass is 35.5. The second-order valence-electron chi connectivity index (χ2n) is 4.02. The molecule has 0 saturated heterocycles. The first-order chi connectivity index (χ1) is 9.72. The molecule has 7 heteroatoms. The van der Waals surface area contributed by atoms with Gasteiger partial charge in [-0.05, 0) is 31.2 Å². The van der Waals surface area contributed by atoms with Crippen molar-refractivity contribution in [2.75, 3.05) is 0 Å². The molecule has 0 aliphatic rings. The molecule has 0 spiro atoms. The molecular formula is C13H10ClN3OS2. The fourth-order valence-electron chi connectivity index (χ4n) is 1.73. The zero-order valence-corrected chi connectivity index (χ0v) is 12.9. The van der Waals surface area contributed by atoms with Gasteiger partial charge in [0.25, 0.3) is 0 Å². The topological polar surface area (TPSA) is 51.8 Å². The molecule has 4 nitrogen and oxygen atoms in total. The van der Waals surface area contributed by atoms with Crippen LogP contribution in [-0.4, -0.2) is 15.2 Å². The summed E-state index contributed by atoms with van der Waals surface area (Å²) in [4.78, 5) is 4.44. The minimum Gasteiger partial charge on any atom is -0.440 e. The molecular weight excluding hydrogens is 314 g/mol. The second kappa shape index (κ2) is 5.95. The van der Waals surface area contributed by atoms with Gasteiger partial charge in [-0.15, -0.1) is 10.2 Å². The number of hydrogen-bond donors (Lipinski definition) is 0. The van der Waals surface area contributed by atoms with E-state index in [2.05, 4.69) is 15.2 Å². The van der Waals surface area contributed by atoms with Gasteiger partial charge in [-0.3, -0.25) is 0 Å². The van der Waals surface area contributed by atoms with Gasteiger partial charge >= 0.3 is 0 Å². The molecule has 0 aliphatic carbocycles. The van der Waals surface area contributed by atoms with Gasteiger partial charge in [0, 0.05) is 10.6 Å². The molecule has 102 valence electrons. The highest BCUT2D eigenvalue weighted by Crippen LogP contribution is 2.29. The average Bonchev–Trinajstić information content (AvgIpc) is 3.07. The molecule has 3 rings (SSSR count). The predicted octanol–water partition coefficient (Wildman–Crippen LogP) is 4.45. The van der Waals surface area contributed by atoms with Crippen LogP contribution in [0.25, 0.3) is 11.3 Å². The van der Waals surface area contributed by atoms with Crippen molar-refractivity contribution in [2.24, 2.45) is 0 Å². The maximum atomic E-state index is 5.89. The Labute approximate surface area is 129 Å². The summed E-state index contributed by atoms with van der Waals surface area (Å²) < 4.78 is 6.73. The molecule has 2 aromatic heterocycles. The number of nitrogens with zero attached hydrogens (tertiary/aromatic N) is 3. The summed E-state index contributed by atoms with van der Waals surface area (Å²) in [5, 5.41) is 8.48. The lowest BCUT2D eigenvalue weighted by atomic mass is 10.1. The van der Waals surface area contributed by atoms with Crippen LogP contribution in [-0.2, 0) is 5.75 Å². The van der Waals surface area contributed by atoms with Gasteiger partial charge in [-0.25, -0.2) is 4.98 Å². The largest absolute Gasteiger partial charge is 0.440 e. The summed E-state index contributed by atoms with van der Waals surface area (Å²) >= 11 is 8.96. The average molecular weight is 324 g/mol. The number of oxazole rings is 1. The molecule has 0 unspecified atom stereocenters. The number of aromatic nitrogens is 3. The highest BCUT2D eigenvalue weighted by molar-refractivity contribution is 8.00. The molecule has 0 radical (unpaired) electrons. The molecule has 0 N–H and O–H groups in total. The quantitative estimate of drug-likeness (QED) is 0.664. The Hall–Kier alpha value is -1.37. The lowest BCUT2D eigenvalue weighted by Gasteiger charge is -1.97. The van der Waals surface area contributed by atoms with Crippen LogP contribution >= 0.6 is 34.7 Å². The zero-order valence-electron chi connectivity index (χ0n) is 10.5. The van der Waals surface area contributed by atoms with Crippen molar-refractivity contribution in [3.8, 4) is 11.3 Å². The number of aryl methyl sites for hydroxylation is 1. The SMILES string of the molecule is Cc1nc(CSc2nncs2)oc1-c1ccc(Cl)cc1. The molecule has 1 aromatic carbocycles. The maximum absolute atomic E-state index is 5.89. The van der Waals surface area contributed by atoms with E-state index in [0.717, 1.165) is 21.4 Å². The summed E-state index contributed by atoms with van der Waals surface area (Å²) in [6.45, 7) is 1.94. The van der Waals surface area contributed by atoms with Crippen molar-refractivity contribution < 1.29 is 4.42 Å². The molecule has 3 aromatic rings. The van der Waals surface area contributed by atoms with E-state index in [9.17, 15) is 0 Å². The fraction of sp³-hybridized carbons (Fsp3) is 0.154.